The van der Waals surface area contributed by atoms with Gasteiger partial charge in [-0.2, -0.15) is 13.2 Å². The van der Waals surface area contributed by atoms with E-state index in [2.05, 4.69) is 0 Å². The predicted molar refractivity (Wildman–Crippen MR) is 44.8 cm³/mol. The quantitative estimate of drug-likeness (QED) is 0.500. The minimum atomic E-state index is -4.48. The van der Waals surface area contributed by atoms with Gasteiger partial charge in [-0.25, -0.2) is 0 Å². The summed E-state index contributed by atoms with van der Waals surface area (Å²) in [5, 5.41) is 0. The Morgan fingerprint density at radius 1 is 1.14 bits per heavy atom. The van der Waals surface area contributed by atoms with Gasteiger partial charge in [0.05, 0.1) is 0 Å². The highest BCUT2D eigenvalue weighted by atomic mass is 19.4. The van der Waals surface area contributed by atoms with Crippen LogP contribution in [0.15, 0.2) is 24.3 Å². The van der Waals surface area contributed by atoms with Crippen LogP contribution in [0.3, 0.4) is 0 Å². The molecule has 1 aromatic carbocycles. The third-order valence-corrected chi connectivity index (χ3v) is 1.40. The summed E-state index contributed by atoms with van der Waals surface area (Å²) in [5.41, 5.74) is 0.635. The lowest BCUT2D eigenvalue weighted by Gasteiger charge is -1.93. The van der Waals surface area contributed by atoms with Gasteiger partial charge >= 0.3 is 6.18 Å². The third-order valence-electron chi connectivity index (χ3n) is 1.40. The first-order valence-electron chi connectivity index (χ1n) is 3.66. The molecule has 1 rings (SSSR count). The van der Waals surface area contributed by atoms with Gasteiger partial charge in [-0.05, 0) is 12.1 Å². The normalized spacial score (nSPS) is 10.2. The summed E-state index contributed by atoms with van der Waals surface area (Å²) in [5.74, 6) is 3.08. The first-order chi connectivity index (χ1) is 6.51. The van der Waals surface area contributed by atoms with Crippen LogP contribution in [-0.2, 0) is 0 Å². The zero-order chi connectivity index (χ0) is 10.6. The molecule has 1 nitrogen and oxygen atoms in total. The smallest absolute Gasteiger partial charge is 0.298 e. The molecule has 0 aliphatic carbocycles. The van der Waals surface area contributed by atoms with Crippen LogP contribution in [0, 0.1) is 11.8 Å². The topological polar surface area (TPSA) is 17.1 Å². The molecule has 0 amide bonds. The number of hydrogen-bond donors (Lipinski definition) is 0. The van der Waals surface area contributed by atoms with Crippen molar-refractivity contribution in [1.82, 2.24) is 0 Å². The molecule has 14 heavy (non-hydrogen) atoms. The van der Waals surface area contributed by atoms with Crippen molar-refractivity contribution in [3.8, 4) is 11.8 Å². The highest BCUT2D eigenvalue weighted by molar-refractivity contribution is 5.74. The Morgan fingerprint density at radius 3 is 2.14 bits per heavy atom. The van der Waals surface area contributed by atoms with E-state index in [0.29, 0.717) is 11.8 Å². The highest BCUT2D eigenvalue weighted by Crippen LogP contribution is 2.12. The van der Waals surface area contributed by atoms with Gasteiger partial charge in [0.25, 0.3) is 0 Å². The summed E-state index contributed by atoms with van der Waals surface area (Å²) in [7, 11) is 0. The van der Waals surface area contributed by atoms with Crippen LogP contribution in [0.25, 0.3) is 0 Å². The van der Waals surface area contributed by atoms with E-state index in [0.717, 1.165) is 5.92 Å². The first-order valence-corrected chi connectivity index (χ1v) is 3.66. The SMILES string of the molecule is O=Cc1ccc(C#CC(F)(F)F)cc1. The lowest BCUT2D eigenvalue weighted by molar-refractivity contribution is -0.0696. The molecule has 0 N–H and O–H groups in total. The summed E-state index contributed by atoms with van der Waals surface area (Å²) in [6.07, 6.45) is -3.87. The van der Waals surface area contributed by atoms with E-state index in [1.54, 1.807) is 0 Å². The molecule has 4 heteroatoms. The number of alkyl halides is 3. The van der Waals surface area contributed by atoms with E-state index < -0.39 is 6.18 Å². The molecule has 0 bridgehead atoms. The zero-order valence-corrected chi connectivity index (χ0v) is 6.93. The summed E-state index contributed by atoms with van der Waals surface area (Å²) >= 11 is 0. The van der Waals surface area contributed by atoms with Crippen molar-refractivity contribution >= 4 is 6.29 Å². The summed E-state index contributed by atoms with van der Waals surface area (Å²) in [6.45, 7) is 0. The van der Waals surface area contributed by atoms with Crippen LogP contribution in [-0.4, -0.2) is 12.5 Å². The molecule has 0 aromatic heterocycles. The lowest BCUT2D eigenvalue weighted by Crippen LogP contribution is -2.01. The average molecular weight is 198 g/mol. The van der Waals surface area contributed by atoms with Crippen molar-refractivity contribution in [3.05, 3.63) is 35.4 Å². The fourth-order valence-corrected chi connectivity index (χ4v) is 0.788. The van der Waals surface area contributed by atoms with Crippen LogP contribution in [0.2, 0.25) is 0 Å². The Bertz CT molecular complexity index is 379. The first kappa shape index (κ1) is 10.3. The third kappa shape index (κ3) is 3.31. The van der Waals surface area contributed by atoms with E-state index in [4.69, 9.17) is 0 Å². The molecule has 0 saturated carbocycles. The van der Waals surface area contributed by atoms with Crippen molar-refractivity contribution in [2.24, 2.45) is 0 Å². The Labute approximate surface area is 78.5 Å². The van der Waals surface area contributed by atoms with E-state index in [-0.39, 0.29) is 5.56 Å². The minimum absolute atomic E-state index is 0.230. The second-order valence-electron chi connectivity index (χ2n) is 2.49. The maximum atomic E-state index is 11.7. The molecule has 0 spiro atoms. The fraction of sp³-hybridized carbons (Fsp3) is 0.100. The molecular weight excluding hydrogens is 193 g/mol. The molecular formula is C10H5F3O. The van der Waals surface area contributed by atoms with Gasteiger partial charge < -0.3 is 0 Å². The Morgan fingerprint density at radius 2 is 1.71 bits per heavy atom. The number of rotatable bonds is 1. The molecule has 0 unspecified atom stereocenters. The largest absolute Gasteiger partial charge is 0.458 e. The molecule has 0 heterocycles. The molecule has 72 valence electrons. The molecule has 0 aliphatic heterocycles. The van der Waals surface area contributed by atoms with Gasteiger partial charge in [0.1, 0.15) is 6.29 Å². The van der Waals surface area contributed by atoms with Crippen LogP contribution in [0.4, 0.5) is 13.2 Å². The van der Waals surface area contributed by atoms with Crippen molar-refractivity contribution in [3.63, 3.8) is 0 Å². The Balaban J connectivity index is 2.87. The van der Waals surface area contributed by atoms with Gasteiger partial charge in [-0.1, -0.05) is 18.1 Å². The molecule has 0 radical (unpaired) electrons. The van der Waals surface area contributed by atoms with E-state index in [1.807, 2.05) is 5.92 Å². The molecule has 0 fully saturated rings. The van der Waals surface area contributed by atoms with E-state index in [9.17, 15) is 18.0 Å². The Kier molecular flexibility index (Phi) is 2.92. The monoisotopic (exact) mass is 198 g/mol. The molecule has 1 aromatic rings. The van der Waals surface area contributed by atoms with Crippen LogP contribution in [0.1, 0.15) is 15.9 Å². The van der Waals surface area contributed by atoms with Gasteiger partial charge in [0.2, 0.25) is 0 Å². The fourth-order valence-electron chi connectivity index (χ4n) is 0.788. The zero-order valence-electron chi connectivity index (χ0n) is 6.93. The van der Waals surface area contributed by atoms with Crippen molar-refractivity contribution < 1.29 is 18.0 Å². The maximum absolute atomic E-state index is 11.7. The van der Waals surface area contributed by atoms with Crippen LogP contribution in [0.5, 0.6) is 0 Å². The summed E-state index contributed by atoms with van der Waals surface area (Å²) < 4.78 is 35.0. The van der Waals surface area contributed by atoms with Crippen molar-refractivity contribution in [1.29, 1.82) is 0 Å². The van der Waals surface area contributed by atoms with Crippen LogP contribution < -0.4 is 0 Å². The van der Waals surface area contributed by atoms with E-state index >= 15 is 0 Å². The number of benzene rings is 1. The van der Waals surface area contributed by atoms with E-state index in [1.165, 1.54) is 24.3 Å². The summed E-state index contributed by atoms with van der Waals surface area (Å²) in [4.78, 5) is 10.2. The molecule has 0 saturated heterocycles. The number of halogens is 3. The maximum Gasteiger partial charge on any atom is 0.458 e. The van der Waals surface area contributed by atoms with Crippen molar-refractivity contribution in [2.45, 2.75) is 6.18 Å². The van der Waals surface area contributed by atoms with Gasteiger partial charge in [-0.3, -0.25) is 4.79 Å². The van der Waals surface area contributed by atoms with Crippen molar-refractivity contribution in [2.75, 3.05) is 0 Å². The second-order valence-corrected chi connectivity index (χ2v) is 2.49. The standard InChI is InChI=1S/C10H5F3O/c11-10(12,13)6-5-8-1-3-9(7-14)4-2-8/h1-4,7H. The molecule has 0 aliphatic rings. The number of carbonyl (C=O) groups is 1. The number of hydrogen-bond acceptors (Lipinski definition) is 1. The molecule has 0 atom stereocenters. The number of aldehydes is 1. The van der Waals surface area contributed by atoms with Gasteiger partial charge in [-0.15, -0.1) is 0 Å². The lowest BCUT2D eigenvalue weighted by atomic mass is 10.1. The highest BCUT2D eigenvalue weighted by Gasteiger charge is 2.22. The Hall–Kier alpha value is -1.76. The second kappa shape index (κ2) is 3.97. The van der Waals surface area contributed by atoms with Crippen LogP contribution >= 0.6 is 0 Å². The minimum Gasteiger partial charge on any atom is -0.298 e. The van der Waals surface area contributed by atoms with Gasteiger partial charge in [0, 0.05) is 17.0 Å². The predicted octanol–water partition coefficient (Wildman–Crippen LogP) is 2.41. The van der Waals surface area contributed by atoms with Gasteiger partial charge in [0.15, 0.2) is 0 Å². The number of carbonyl (C=O) groups excluding carboxylic acids is 1. The average Bonchev–Trinajstić information content (AvgIpc) is 2.14. The summed E-state index contributed by atoms with van der Waals surface area (Å²) in [6, 6.07) is 5.55.